The van der Waals surface area contributed by atoms with Crippen LogP contribution in [0, 0.1) is 0 Å². The number of sulfone groups is 1. The van der Waals surface area contributed by atoms with Gasteiger partial charge in [0.1, 0.15) is 0 Å². The van der Waals surface area contributed by atoms with Crippen molar-refractivity contribution in [1.29, 1.82) is 0 Å². The number of benzene rings is 1. The Morgan fingerprint density at radius 3 is 2.22 bits per heavy atom. The fourth-order valence-electron chi connectivity index (χ4n) is 2.07. The van der Waals surface area contributed by atoms with E-state index in [9.17, 15) is 13.2 Å². The summed E-state index contributed by atoms with van der Waals surface area (Å²) in [6, 6.07) is 6.64. The van der Waals surface area contributed by atoms with Crippen LogP contribution in [0.1, 0.15) is 31.2 Å². The predicted octanol–water partition coefficient (Wildman–Crippen LogP) is 2.62. The summed E-state index contributed by atoms with van der Waals surface area (Å²) in [5, 5.41) is 0. The maximum absolute atomic E-state index is 11.7. The maximum atomic E-state index is 11.7. The molecule has 0 bridgehead atoms. The van der Waals surface area contributed by atoms with Crippen molar-refractivity contribution in [2.75, 3.05) is 6.26 Å². The van der Waals surface area contributed by atoms with Crippen LogP contribution in [0.15, 0.2) is 34.7 Å². The van der Waals surface area contributed by atoms with Crippen LogP contribution in [-0.2, 0) is 14.6 Å². The van der Waals surface area contributed by atoms with Gasteiger partial charge in [-0.2, -0.15) is 0 Å². The number of rotatable bonds is 2. The van der Waals surface area contributed by atoms with Gasteiger partial charge in [-0.3, -0.25) is 4.79 Å². The van der Waals surface area contributed by atoms with Crippen molar-refractivity contribution in [3.05, 3.63) is 35.4 Å². The van der Waals surface area contributed by atoms with E-state index in [4.69, 9.17) is 0 Å². The van der Waals surface area contributed by atoms with Gasteiger partial charge in [-0.1, -0.05) is 12.1 Å². The maximum Gasteiger partial charge on any atom is 0.175 e. The number of allylic oxidation sites excluding steroid dienone is 1. The molecule has 0 spiro atoms. The molecule has 1 saturated carbocycles. The van der Waals surface area contributed by atoms with Gasteiger partial charge in [0.15, 0.2) is 15.6 Å². The molecule has 0 saturated heterocycles. The Morgan fingerprint density at radius 1 is 1.06 bits per heavy atom. The third-order valence-electron chi connectivity index (χ3n) is 3.11. The largest absolute Gasteiger partial charge is 0.295 e. The van der Waals surface area contributed by atoms with E-state index >= 15 is 0 Å². The molecule has 18 heavy (non-hydrogen) atoms. The lowest BCUT2D eigenvalue weighted by molar-refractivity contribution is -0.116. The monoisotopic (exact) mass is 264 g/mol. The second kappa shape index (κ2) is 5.06. The topological polar surface area (TPSA) is 51.2 Å². The molecule has 1 fully saturated rings. The summed E-state index contributed by atoms with van der Waals surface area (Å²) in [6.07, 6.45) is 6.54. The van der Waals surface area contributed by atoms with E-state index in [1.807, 2.05) is 6.08 Å². The van der Waals surface area contributed by atoms with Crippen molar-refractivity contribution in [2.24, 2.45) is 0 Å². The van der Waals surface area contributed by atoms with Crippen molar-refractivity contribution in [3.63, 3.8) is 0 Å². The third-order valence-corrected chi connectivity index (χ3v) is 4.24. The quantitative estimate of drug-likeness (QED) is 0.771. The number of hydrogen-bond acceptors (Lipinski definition) is 3. The van der Waals surface area contributed by atoms with Crippen LogP contribution in [0.3, 0.4) is 0 Å². The zero-order valence-corrected chi connectivity index (χ0v) is 11.2. The standard InChI is InChI=1S/C14H16O3S/c1-18(16,17)13-8-6-11(7-9-13)10-12-4-2-3-5-14(12)15/h6-10H,2-5H2,1H3/b12-10-. The number of Topliss-reactive ketones (excluding diaryl/α,β-unsaturated/α-hetero) is 1. The summed E-state index contributed by atoms with van der Waals surface area (Å²) >= 11 is 0. The Hall–Kier alpha value is -1.42. The molecule has 1 aliphatic carbocycles. The average Bonchev–Trinajstić information content (AvgIpc) is 2.32. The van der Waals surface area contributed by atoms with E-state index in [0.717, 1.165) is 30.4 Å². The zero-order valence-electron chi connectivity index (χ0n) is 10.3. The molecule has 1 aromatic carbocycles. The highest BCUT2D eigenvalue weighted by Gasteiger charge is 2.14. The Morgan fingerprint density at radius 2 is 1.67 bits per heavy atom. The van der Waals surface area contributed by atoms with E-state index < -0.39 is 9.84 Å². The highest BCUT2D eigenvalue weighted by atomic mass is 32.2. The van der Waals surface area contributed by atoms with Gasteiger partial charge in [0.2, 0.25) is 0 Å². The van der Waals surface area contributed by atoms with Crippen LogP contribution in [0.25, 0.3) is 6.08 Å². The van der Waals surface area contributed by atoms with Gasteiger partial charge in [0, 0.05) is 12.7 Å². The highest BCUT2D eigenvalue weighted by Crippen LogP contribution is 2.22. The Kier molecular flexibility index (Phi) is 3.66. The highest BCUT2D eigenvalue weighted by molar-refractivity contribution is 7.90. The molecule has 3 nitrogen and oxygen atoms in total. The minimum absolute atomic E-state index is 0.216. The van der Waals surface area contributed by atoms with E-state index in [1.165, 1.54) is 6.26 Å². The van der Waals surface area contributed by atoms with Crippen molar-refractivity contribution in [1.82, 2.24) is 0 Å². The van der Waals surface area contributed by atoms with Gasteiger partial charge >= 0.3 is 0 Å². The fraction of sp³-hybridized carbons (Fsp3) is 0.357. The van der Waals surface area contributed by atoms with Crippen LogP contribution in [0.5, 0.6) is 0 Å². The van der Waals surface area contributed by atoms with Gasteiger partial charge in [-0.05, 0) is 48.6 Å². The molecule has 0 radical (unpaired) electrons. The molecule has 1 aliphatic rings. The molecule has 96 valence electrons. The molecule has 0 unspecified atom stereocenters. The van der Waals surface area contributed by atoms with Crippen LogP contribution < -0.4 is 0 Å². The van der Waals surface area contributed by atoms with Crippen LogP contribution >= 0.6 is 0 Å². The first-order valence-corrected chi connectivity index (χ1v) is 7.90. The van der Waals surface area contributed by atoms with Crippen molar-refractivity contribution in [3.8, 4) is 0 Å². The molecule has 1 aromatic rings. The second-order valence-electron chi connectivity index (χ2n) is 4.64. The van der Waals surface area contributed by atoms with Gasteiger partial charge in [0.05, 0.1) is 4.90 Å². The van der Waals surface area contributed by atoms with E-state index in [-0.39, 0.29) is 5.78 Å². The normalized spacial score (nSPS) is 19.2. The lowest BCUT2D eigenvalue weighted by Gasteiger charge is -2.12. The van der Waals surface area contributed by atoms with Gasteiger partial charge < -0.3 is 0 Å². The van der Waals surface area contributed by atoms with Crippen LogP contribution in [0.2, 0.25) is 0 Å². The van der Waals surface area contributed by atoms with Gasteiger partial charge in [-0.25, -0.2) is 8.42 Å². The molecule has 0 atom stereocenters. The first kappa shape index (κ1) is 13.0. The molecular formula is C14H16O3S. The summed E-state index contributed by atoms with van der Waals surface area (Å²) in [5.41, 5.74) is 1.74. The summed E-state index contributed by atoms with van der Waals surface area (Å²) in [6.45, 7) is 0. The van der Waals surface area contributed by atoms with E-state index in [0.29, 0.717) is 11.3 Å². The van der Waals surface area contributed by atoms with Crippen LogP contribution in [0.4, 0.5) is 0 Å². The van der Waals surface area contributed by atoms with Crippen molar-refractivity contribution >= 4 is 21.7 Å². The number of hydrogen-bond donors (Lipinski definition) is 0. The van der Waals surface area contributed by atoms with Gasteiger partial charge in [0.25, 0.3) is 0 Å². The number of carbonyl (C=O) groups is 1. The van der Waals surface area contributed by atoms with Crippen molar-refractivity contribution in [2.45, 2.75) is 30.6 Å². The third kappa shape index (κ3) is 3.07. The Labute approximate surface area is 107 Å². The number of carbonyl (C=O) groups excluding carboxylic acids is 1. The lowest BCUT2D eigenvalue weighted by atomic mass is 9.92. The average molecular weight is 264 g/mol. The summed E-state index contributed by atoms with van der Waals surface area (Å²) < 4.78 is 22.6. The van der Waals surface area contributed by atoms with E-state index in [1.54, 1.807) is 24.3 Å². The molecule has 0 aromatic heterocycles. The first-order chi connectivity index (χ1) is 8.47. The smallest absolute Gasteiger partial charge is 0.175 e. The van der Waals surface area contributed by atoms with E-state index in [2.05, 4.69) is 0 Å². The number of ketones is 1. The lowest BCUT2D eigenvalue weighted by Crippen LogP contribution is -2.07. The minimum Gasteiger partial charge on any atom is -0.295 e. The SMILES string of the molecule is CS(=O)(=O)c1ccc(/C=C2/CCCCC2=O)cc1. The Balaban J connectivity index is 2.25. The van der Waals surface area contributed by atoms with Crippen molar-refractivity contribution < 1.29 is 13.2 Å². The summed E-state index contributed by atoms with van der Waals surface area (Å²) in [5.74, 6) is 0.216. The molecule has 2 rings (SSSR count). The summed E-state index contributed by atoms with van der Waals surface area (Å²) in [4.78, 5) is 12.0. The minimum atomic E-state index is -3.15. The Bertz CT molecular complexity index is 580. The molecular weight excluding hydrogens is 248 g/mol. The molecule has 0 heterocycles. The zero-order chi connectivity index (χ0) is 13.2. The molecule has 0 aliphatic heterocycles. The second-order valence-corrected chi connectivity index (χ2v) is 6.66. The predicted molar refractivity (Wildman–Crippen MR) is 71.0 cm³/mol. The van der Waals surface area contributed by atoms with Gasteiger partial charge in [-0.15, -0.1) is 0 Å². The molecule has 4 heteroatoms. The molecule has 0 amide bonds. The van der Waals surface area contributed by atoms with Crippen LogP contribution in [-0.4, -0.2) is 20.5 Å². The summed E-state index contributed by atoms with van der Waals surface area (Å²) in [7, 11) is -3.15. The first-order valence-electron chi connectivity index (χ1n) is 6.01. The fourth-order valence-corrected chi connectivity index (χ4v) is 2.70. The molecule has 0 N–H and O–H groups in total.